The SMILES string of the molecule is CCCCCC(O)c1ccc(C2C(Cl)CC[C@@H]2C/C=C\CCCC(=O)O)cc1. The van der Waals surface area contributed by atoms with Crippen LogP contribution < -0.4 is 0 Å². The first kappa shape index (κ1) is 23.0. The molecule has 1 aliphatic rings. The van der Waals surface area contributed by atoms with Gasteiger partial charge in [0.1, 0.15) is 0 Å². The first-order valence-electron chi connectivity index (χ1n) is 10.8. The molecule has 1 aliphatic carbocycles. The summed E-state index contributed by atoms with van der Waals surface area (Å²) in [4.78, 5) is 10.6. The molecule has 3 nitrogen and oxygen atoms in total. The maximum atomic E-state index is 10.6. The van der Waals surface area contributed by atoms with Gasteiger partial charge in [0.05, 0.1) is 6.10 Å². The number of allylic oxidation sites excluding steroid dienone is 2. The fraction of sp³-hybridized carbons (Fsp3) is 0.625. The molecule has 0 heterocycles. The molecule has 1 saturated carbocycles. The fourth-order valence-corrected chi connectivity index (χ4v) is 4.71. The Bertz CT molecular complexity index is 611. The maximum absolute atomic E-state index is 10.6. The third kappa shape index (κ3) is 7.25. The number of halogens is 1. The van der Waals surface area contributed by atoms with Crippen LogP contribution in [-0.2, 0) is 4.79 Å². The first-order valence-corrected chi connectivity index (χ1v) is 11.2. The number of rotatable bonds is 12. The molecule has 28 heavy (non-hydrogen) atoms. The number of carbonyl (C=O) groups is 1. The van der Waals surface area contributed by atoms with Crippen LogP contribution in [0.4, 0.5) is 0 Å². The summed E-state index contributed by atoms with van der Waals surface area (Å²) in [7, 11) is 0. The molecule has 1 aromatic carbocycles. The number of hydrogen-bond donors (Lipinski definition) is 2. The summed E-state index contributed by atoms with van der Waals surface area (Å²) in [5.74, 6) is 0.142. The third-order valence-corrected chi connectivity index (χ3v) is 6.35. The van der Waals surface area contributed by atoms with Crippen LogP contribution in [0.25, 0.3) is 0 Å². The van der Waals surface area contributed by atoms with Gasteiger partial charge >= 0.3 is 5.97 Å². The van der Waals surface area contributed by atoms with E-state index in [1.54, 1.807) is 0 Å². The fourth-order valence-electron chi connectivity index (χ4n) is 4.23. The smallest absolute Gasteiger partial charge is 0.303 e. The number of carboxylic acids is 1. The highest BCUT2D eigenvalue weighted by Gasteiger charge is 2.35. The van der Waals surface area contributed by atoms with Crippen molar-refractivity contribution >= 4 is 17.6 Å². The van der Waals surface area contributed by atoms with Crippen molar-refractivity contribution in [1.29, 1.82) is 0 Å². The molecule has 0 radical (unpaired) electrons. The number of benzene rings is 1. The average Bonchev–Trinajstić information content (AvgIpc) is 3.05. The topological polar surface area (TPSA) is 57.5 Å². The van der Waals surface area contributed by atoms with E-state index in [2.05, 4.69) is 43.3 Å². The van der Waals surface area contributed by atoms with Crippen LogP contribution in [0, 0.1) is 5.92 Å². The van der Waals surface area contributed by atoms with Crippen LogP contribution >= 0.6 is 11.6 Å². The van der Waals surface area contributed by atoms with Crippen LogP contribution in [0.2, 0.25) is 0 Å². The lowest BCUT2D eigenvalue weighted by atomic mass is 9.85. The summed E-state index contributed by atoms with van der Waals surface area (Å²) in [5, 5.41) is 19.2. The standard InChI is InChI=1S/C24H35ClO3/c1-2-3-6-10-22(26)18-12-14-20(15-13-18)24-19(16-17-21(24)25)9-7-4-5-8-11-23(27)28/h4,7,12-15,19,21-22,24,26H,2-3,5-6,8-11,16-17H2,1H3,(H,27,28)/b7-4-/t19-,21?,22?,24?/m0/s1. The zero-order valence-electron chi connectivity index (χ0n) is 17.0. The lowest BCUT2D eigenvalue weighted by Crippen LogP contribution is -2.13. The second kappa shape index (κ2) is 12.3. The maximum Gasteiger partial charge on any atom is 0.303 e. The van der Waals surface area contributed by atoms with Crippen molar-refractivity contribution in [3.05, 3.63) is 47.5 Å². The van der Waals surface area contributed by atoms with Crippen molar-refractivity contribution in [2.45, 2.75) is 88.5 Å². The van der Waals surface area contributed by atoms with Crippen LogP contribution in [0.3, 0.4) is 0 Å². The molecule has 0 aliphatic heterocycles. The second-order valence-electron chi connectivity index (χ2n) is 8.05. The van der Waals surface area contributed by atoms with Crippen LogP contribution in [0.5, 0.6) is 0 Å². The van der Waals surface area contributed by atoms with Gasteiger partial charge in [-0.15, -0.1) is 11.6 Å². The van der Waals surface area contributed by atoms with E-state index in [0.29, 0.717) is 18.3 Å². The van der Waals surface area contributed by atoms with E-state index >= 15 is 0 Å². The molecular formula is C24H35ClO3. The first-order chi connectivity index (χ1) is 13.5. The van der Waals surface area contributed by atoms with Crippen molar-refractivity contribution in [3.63, 3.8) is 0 Å². The Balaban J connectivity index is 1.90. The van der Waals surface area contributed by atoms with E-state index in [1.165, 1.54) is 12.0 Å². The van der Waals surface area contributed by atoms with Crippen LogP contribution in [0.1, 0.15) is 94.3 Å². The minimum absolute atomic E-state index is 0.158. The predicted octanol–water partition coefficient (Wildman–Crippen LogP) is 6.60. The molecule has 2 rings (SSSR count). The lowest BCUT2D eigenvalue weighted by Gasteiger charge is -2.22. The van der Waals surface area contributed by atoms with E-state index in [4.69, 9.17) is 16.7 Å². The van der Waals surface area contributed by atoms with Crippen molar-refractivity contribution < 1.29 is 15.0 Å². The molecule has 1 fully saturated rings. The van der Waals surface area contributed by atoms with E-state index in [9.17, 15) is 9.90 Å². The molecule has 4 heteroatoms. The van der Waals surface area contributed by atoms with Gasteiger partial charge in [-0.25, -0.2) is 0 Å². The Labute approximate surface area is 174 Å². The third-order valence-electron chi connectivity index (χ3n) is 5.86. The number of hydrogen-bond acceptors (Lipinski definition) is 2. The highest BCUT2D eigenvalue weighted by atomic mass is 35.5. The molecule has 0 aromatic heterocycles. The van der Waals surface area contributed by atoms with Gasteiger partial charge in [0.25, 0.3) is 0 Å². The van der Waals surface area contributed by atoms with Gasteiger partial charge in [0.2, 0.25) is 0 Å². The van der Waals surface area contributed by atoms with E-state index in [0.717, 1.165) is 50.5 Å². The molecule has 156 valence electrons. The Hall–Kier alpha value is -1.32. The normalized spacial score (nSPS) is 23.3. The number of unbranched alkanes of at least 4 members (excludes halogenated alkanes) is 3. The highest BCUT2D eigenvalue weighted by molar-refractivity contribution is 6.21. The van der Waals surface area contributed by atoms with Crippen LogP contribution in [-0.4, -0.2) is 21.6 Å². The summed E-state index contributed by atoms with van der Waals surface area (Å²) >= 11 is 6.65. The largest absolute Gasteiger partial charge is 0.481 e. The number of aliphatic hydroxyl groups is 1. The molecule has 0 spiro atoms. The molecule has 0 saturated heterocycles. The van der Waals surface area contributed by atoms with Gasteiger partial charge in [-0.05, 0) is 55.6 Å². The molecule has 1 aromatic rings. The monoisotopic (exact) mass is 406 g/mol. The predicted molar refractivity (Wildman–Crippen MR) is 116 cm³/mol. The Morgan fingerprint density at radius 3 is 2.61 bits per heavy atom. The molecule has 2 N–H and O–H groups in total. The molecule has 3 unspecified atom stereocenters. The highest BCUT2D eigenvalue weighted by Crippen LogP contribution is 2.45. The molecule has 0 bridgehead atoms. The van der Waals surface area contributed by atoms with Gasteiger partial charge in [0, 0.05) is 17.7 Å². The quantitative estimate of drug-likeness (QED) is 0.233. The second-order valence-corrected chi connectivity index (χ2v) is 8.61. The van der Waals surface area contributed by atoms with Gasteiger partial charge in [0.15, 0.2) is 0 Å². The Kier molecular flexibility index (Phi) is 10.1. The van der Waals surface area contributed by atoms with Gasteiger partial charge in [-0.2, -0.15) is 0 Å². The summed E-state index contributed by atoms with van der Waals surface area (Å²) < 4.78 is 0. The number of aliphatic hydroxyl groups excluding tert-OH is 1. The van der Waals surface area contributed by atoms with Gasteiger partial charge in [-0.3, -0.25) is 4.79 Å². The molecule has 0 amide bonds. The van der Waals surface area contributed by atoms with Crippen molar-refractivity contribution in [2.75, 3.05) is 0 Å². The molecular weight excluding hydrogens is 372 g/mol. The number of alkyl halides is 1. The van der Waals surface area contributed by atoms with Gasteiger partial charge in [-0.1, -0.05) is 62.6 Å². The van der Waals surface area contributed by atoms with Gasteiger partial charge < -0.3 is 10.2 Å². The zero-order valence-corrected chi connectivity index (χ0v) is 17.8. The summed E-state index contributed by atoms with van der Waals surface area (Å²) in [6.07, 6.45) is 13.0. The Morgan fingerprint density at radius 2 is 1.93 bits per heavy atom. The van der Waals surface area contributed by atoms with Crippen LogP contribution in [0.15, 0.2) is 36.4 Å². The van der Waals surface area contributed by atoms with Crippen molar-refractivity contribution in [1.82, 2.24) is 0 Å². The minimum atomic E-state index is -0.729. The lowest BCUT2D eigenvalue weighted by molar-refractivity contribution is -0.137. The number of aliphatic carboxylic acids is 1. The average molecular weight is 407 g/mol. The van der Waals surface area contributed by atoms with E-state index in [-0.39, 0.29) is 17.9 Å². The van der Waals surface area contributed by atoms with E-state index in [1.807, 2.05) is 0 Å². The Morgan fingerprint density at radius 1 is 1.18 bits per heavy atom. The summed E-state index contributed by atoms with van der Waals surface area (Å²) in [6, 6.07) is 8.42. The molecule has 4 atom stereocenters. The van der Waals surface area contributed by atoms with Crippen molar-refractivity contribution in [3.8, 4) is 0 Å². The number of carboxylic acid groups (broad SMARTS) is 1. The summed E-state index contributed by atoms with van der Waals surface area (Å²) in [6.45, 7) is 2.17. The minimum Gasteiger partial charge on any atom is -0.481 e. The van der Waals surface area contributed by atoms with Crippen molar-refractivity contribution in [2.24, 2.45) is 5.92 Å². The summed E-state index contributed by atoms with van der Waals surface area (Å²) in [5.41, 5.74) is 2.27. The zero-order chi connectivity index (χ0) is 20.4. The van der Waals surface area contributed by atoms with E-state index < -0.39 is 5.97 Å².